The van der Waals surface area contributed by atoms with E-state index in [0.717, 1.165) is 25.0 Å². The lowest BCUT2D eigenvalue weighted by Gasteiger charge is -2.36. The predicted octanol–water partition coefficient (Wildman–Crippen LogP) is 3.60. The van der Waals surface area contributed by atoms with Crippen molar-refractivity contribution >= 4 is 45.8 Å². The van der Waals surface area contributed by atoms with E-state index in [9.17, 15) is 14.4 Å². The SMILES string of the molecule is Cn1c(N)c(C(C(=O)OC(C)(C)C)C(C(=O)OC(C)(C)C)=P(c2ccccc2)(c2ccccc2)c2ccccc2)c(=O)n(C)c1=O. The number of nitrogens with two attached hydrogens (primary N) is 1. The molecule has 242 valence electrons. The summed E-state index contributed by atoms with van der Waals surface area (Å²) < 4.78 is 14.1. The maximum Gasteiger partial charge on any atom is 0.336 e. The molecule has 2 N–H and O–H groups in total. The van der Waals surface area contributed by atoms with Crippen LogP contribution in [0, 0.1) is 0 Å². The highest BCUT2D eigenvalue weighted by Gasteiger charge is 2.46. The molecule has 0 bridgehead atoms. The molecule has 4 aromatic rings. The summed E-state index contributed by atoms with van der Waals surface area (Å²) in [6, 6.07) is 28.3. The molecule has 0 aliphatic carbocycles. The third-order valence-corrected chi connectivity index (χ3v) is 11.7. The van der Waals surface area contributed by atoms with Crippen molar-refractivity contribution in [2.75, 3.05) is 5.73 Å². The molecule has 9 nitrogen and oxygen atoms in total. The molecule has 3 aromatic carbocycles. The first kappa shape index (κ1) is 34.3. The zero-order valence-corrected chi connectivity index (χ0v) is 28.5. The molecular formula is C36H42N3O6P. The number of nitrogen functional groups attached to an aromatic ring is 1. The zero-order chi connectivity index (χ0) is 34.0. The van der Waals surface area contributed by atoms with Crippen LogP contribution < -0.4 is 32.9 Å². The lowest BCUT2D eigenvalue weighted by atomic mass is 9.96. The van der Waals surface area contributed by atoms with Crippen molar-refractivity contribution in [3.8, 4) is 0 Å². The van der Waals surface area contributed by atoms with Crippen LogP contribution in [-0.2, 0) is 33.2 Å². The van der Waals surface area contributed by atoms with Crippen LogP contribution in [-0.4, -0.2) is 37.6 Å². The van der Waals surface area contributed by atoms with Crippen LogP contribution in [0.3, 0.4) is 0 Å². The van der Waals surface area contributed by atoms with E-state index in [1.54, 1.807) is 41.5 Å². The fourth-order valence-corrected chi connectivity index (χ4v) is 10.0. The first-order valence-electron chi connectivity index (χ1n) is 15.0. The van der Waals surface area contributed by atoms with Gasteiger partial charge in [-0.2, -0.15) is 0 Å². The Balaban J connectivity index is 2.45. The van der Waals surface area contributed by atoms with E-state index in [1.807, 2.05) is 91.0 Å². The normalized spacial score (nSPS) is 12.7. The third-order valence-electron chi connectivity index (χ3n) is 7.35. The highest BCUT2D eigenvalue weighted by molar-refractivity contribution is 7.96. The highest BCUT2D eigenvalue weighted by Crippen LogP contribution is 2.50. The Morgan fingerprint density at radius 2 is 1.07 bits per heavy atom. The minimum atomic E-state index is -3.38. The first-order chi connectivity index (χ1) is 21.5. The summed E-state index contributed by atoms with van der Waals surface area (Å²) in [4.78, 5) is 56.8. The van der Waals surface area contributed by atoms with Gasteiger partial charge in [-0.3, -0.25) is 18.7 Å². The maximum atomic E-state index is 15.0. The van der Waals surface area contributed by atoms with Crippen LogP contribution in [0.4, 0.5) is 5.82 Å². The van der Waals surface area contributed by atoms with E-state index in [0.29, 0.717) is 0 Å². The van der Waals surface area contributed by atoms with Gasteiger partial charge in [0.05, 0.1) is 10.9 Å². The van der Waals surface area contributed by atoms with E-state index in [4.69, 9.17) is 15.2 Å². The van der Waals surface area contributed by atoms with Gasteiger partial charge in [-0.05, 0) is 64.3 Å². The lowest BCUT2D eigenvalue weighted by molar-refractivity contribution is -0.156. The van der Waals surface area contributed by atoms with Crippen LogP contribution in [0.1, 0.15) is 53.0 Å². The minimum absolute atomic E-state index is 0.00252. The van der Waals surface area contributed by atoms with Crippen molar-refractivity contribution in [3.05, 3.63) is 117 Å². The molecule has 1 unspecified atom stereocenters. The van der Waals surface area contributed by atoms with Crippen LogP contribution in [0.2, 0.25) is 0 Å². The second-order valence-electron chi connectivity index (χ2n) is 13.0. The van der Waals surface area contributed by atoms with Crippen molar-refractivity contribution < 1.29 is 19.1 Å². The number of anilines is 1. The van der Waals surface area contributed by atoms with E-state index in [2.05, 4.69) is 0 Å². The van der Waals surface area contributed by atoms with Crippen molar-refractivity contribution in [2.24, 2.45) is 14.1 Å². The quantitative estimate of drug-likeness (QED) is 0.241. The summed E-state index contributed by atoms with van der Waals surface area (Å²) in [7, 11) is 2.72. The molecule has 0 radical (unpaired) electrons. The fourth-order valence-electron chi connectivity index (χ4n) is 5.48. The summed E-state index contributed by atoms with van der Waals surface area (Å²) in [6.07, 6.45) is 0. The van der Waals surface area contributed by atoms with Gasteiger partial charge in [-0.1, -0.05) is 91.0 Å². The predicted molar refractivity (Wildman–Crippen MR) is 186 cm³/mol. The van der Waals surface area contributed by atoms with Crippen molar-refractivity contribution in [2.45, 2.75) is 58.7 Å². The van der Waals surface area contributed by atoms with Gasteiger partial charge in [0.25, 0.3) is 5.56 Å². The first-order valence-corrected chi connectivity index (χ1v) is 16.7. The number of aromatic nitrogens is 2. The molecular weight excluding hydrogens is 601 g/mol. The average molecular weight is 644 g/mol. The number of hydrogen-bond acceptors (Lipinski definition) is 7. The summed E-state index contributed by atoms with van der Waals surface area (Å²) in [5, 5.41) is 2.22. The number of hydrogen-bond donors (Lipinski definition) is 1. The molecule has 0 saturated heterocycles. The van der Waals surface area contributed by atoms with Gasteiger partial charge in [0.2, 0.25) is 0 Å². The maximum absolute atomic E-state index is 15.0. The number of esters is 2. The summed E-state index contributed by atoms with van der Waals surface area (Å²) in [5.74, 6) is -3.57. The Bertz CT molecular complexity index is 1810. The van der Waals surface area contributed by atoms with E-state index >= 15 is 4.79 Å². The number of rotatable bonds is 7. The molecule has 0 aliphatic heterocycles. The Morgan fingerprint density at radius 3 is 1.43 bits per heavy atom. The Morgan fingerprint density at radius 1 is 0.674 bits per heavy atom. The smallest absolute Gasteiger partial charge is 0.336 e. The topological polar surface area (TPSA) is 123 Å². The highest BCUT2D eigenvalue weighted by atomic mass is 31.2. The van der Waals surface area contributed by atoms with E-state index in [-0.39, 0.29) is 16.7 Å². The molecule has 0 aliphatic rings. The minimum Gasteiger partial charge on any atom is -0.459 e. The van der Waals surface area contributed by atoms with Crippen LogP contribution in [0.25, 0.3) is 0 Å². The van der Waals surface area contributed by atoms with Crippen LogP contribution in [0.15, 0.2) is 101 Å². The second-order valence-corrected chi connectivity index (χ2v) is 16.4. The molecule has 0 amide bonds. The van der Waals surface area contributed by atoms with Gasteiger partial charge in [-0.15, -0.1) is 0 Å². The third kappa shape index (κ3) is 6.65. The van der Waals surface area contributed by atoms with Crippen LogP contribution >= 0.6 is 6.89 Å². The standard InChI is InChI=1S/C36H42N3O6P/c1-35(2,3)44-32(41)27(28-30(37)38(7)34(43)39(8)31(28)40)29(33(42)45-36(4,5)6)46(24-18-12-9-13-19-24,25-20-14-10-15-21-25)26-22-16-11-17-23-26/h9-23,27H,37H2,1-8H3. The molecule has 0 fully saturated rings. The van der Waals surface area contributed by atoms with Crippen molar-refractivity contribution in [1.29, 1.82) is 0 Å². The van der Waals surface area contributed by atoms with Gasteiger partial charge in [-0.25, -0.2) is 9.59 Å². The van der Waals surface area contributed by atoms with Crippen molar-refractivity contribution in [3.63, 3.8) is 0 Å². The Labute approximate surface area is 269 Å². The Kier molecular flexibility index (Phi) is 9.69. The molecule has 1 atom stereocenters. The van der Waals surface area contributed by atoms with Gasteiger partial charge >= 0.3 is 17.6 Å². The van der Waals surface area contributed by atoms with Gasteiger partial charge in [0.1, 0.15) is 22.9 Å². The number of ether oxygens (including phenoxy) is 2. The molecule has 1 aromatic heterocycles. The fraction of sp³-hybridized carbons (Fsp3) is 0.306. The number of benzene rings is 3. The van der Waals surface area contributed by atoms with Crippen molar-refractivity contribution in [1.82, 2.24) is 9.13 Å². The molecule has 4 rings (SSSR count). The van der Waals surface area contributed by atoms with E-state index < -0.39 is 47.2 Å². The Hall–Kier alpha value is -4.62. The van der Waals surface area contributed by atoms with Gasteiger partial charge in [0.15, 0.2) is 0 Å². The molecule has 0 saturated carbocycles. The van der Waals surface area contributed by atoms with Gasteiger partial charge < -0.3 is 15.2 Å². The van der Waals surface area contributed by atoms with Gasteiger partial charge in [0, 0.05) is 14.1 Å². The molecule has 10 heteroatoms. The van der Waals surface area contributed by atoms with E-state index in [1.165, 1.54) is 14.1 Å². The zero-order valence-electron chi connectivity index (χ0n) is 27.6. The second kappa shape index (κ2) is 13.0. The molecule has 1 heterocycles. The molecule has 0 spiro atoms. The number of carbonyl (C=O) groups excluding carboxylic acids is 2. The monoisotopic (exact) mass is 643 g/mol. The lowest BCUT2D eigenvalue weighted by Crippen LogP contribution is -2.47. The summed E-state index contributed by atoms with van der Waals surface area (Å²) in [5.41, 5.74) is 2.84. The number of nitrogens with zero attached hydrogens (tertiary/aromatic N) is 2. The average Bonchev–Trinajstić information content (AvgIpc) is 3.00. The van der Waals surface area contributed by atoms with Crippen LogP contribution in [0.5, 0.6) is 0 Å². The largest absolute Gasteiger partial charge is 0.459 e. The summed E-state index contributed by atoms with van der Waals surface area (Å²) in [6.45, 7) is 6.92. The molecule has 46 heavy (non-hydrogen) atoms. The summed E-state index contributed by atoms with van der Waals surface area (Å²) >= 11 is 0. The number of carbonyl (C=O) groups is 2.